The maximum Gasteiger partial charge on any atom is 0.259 e. The zero-order chi connectivity index (χ0) is 14.0. The highest BCUT2D eigenvalue weighted by Gasteiger charge is 2.20. The van der Waals surface area contributed by atoms with Crippen molar-refractivity contribution in [3.8, 4) is 6.07 Å². The first-order chi connectivity index (χ1) is 9.04. The van der Waals surface area contributed by atoms with Crippen LogP contribution in [0.1, 0.15) is 15.9 Å². The van der Waals surface area contributed by atoms with Gasteiger partial charge in [0.1, 0.15) is 17.5 Å². The van der Waals surface area contributed by atoms with Gasteiger partial charge in [0, 0.05) is 0 Å². The molecule has 0 spiro atoms. The summed E-state index contributed by atoms with van der Waals surface area (Å²) in [6.45, 7) is 0. The van der Waals surface area contributed by atoms with E-state index in [1.807, 2.05) is 0 Å². The van der Waals surface area contributed by atoms with Crippen molar-refractivity contribution in [3.63, 3.8) is 0 Å². The highest BCUT2D eigenvalue weighted by Crippen LogP contribution is 2.17. The zero-order valence-corrected chi connectivity index (χ0v) is 9.17. The second-order valence-electron chi connectivity index (χ2n) is 3.45. The van der Waals surface area contributed by atoms with Crippen molar-refractivity contribution in [1.82, 2.24) is 10.2 Å². The number of nitriles is 1. The Hall–Kier alpha value is -2.82. The number of nitrogens with one attached hydrogen (secondary N) is 2. The number of carbonyl (C=O) groups excluding carboxylic acids is 1. The zero-order valence-electron chi connectivity index (χ0n) is 9.17. The number of carbonyl (C=O) groups is 1. The van der Waals surface area contributed by atoms with Gasteiger partial charge in [-0.25, -0.2) is 13.2 Å². The number of rotatable bonds is 2. The van der Waals surface area contributed by atoms with E-state index in [1.54, 1.807) is 6.07 Å². The SMILES string of the molecule is N#Cc1cn[nH]c1NC(=O)c1ccc(F)c(F)c1F. The van der Waals surface area contributed by atoms with Crippen LogP contribution < -0.4 is 5.32 Å². The van der Waals surface area contributed by atoms with Crippen molar-refractivity contribution in [2.24, 2.45) is 0 Å². The summed E-state index contributed by atoms with van der Waals surface area (Å²) in [6, 6.07) is 3.16. The molecule has 1 amide bonds. The van der Waals surface area contributed by atoms with Crippen molar-refractivity contribution < 1.29 is 18.0 Å². The van der Waals surface area contributed by atoms with Crippen LogP contribution in [0.5, 0.6) is 0 Å². The number of aromatic nitrogens is 2. The molecule has 2 aromatic rings. The average molecular weight is 266 g/mol. The van der Waals surface area contributed by atoms with Gasteiger partial charge >= 0.3 is 0 Å². The summed E-state index contributed by atoms with van der Waals surface area (Å²) in [4.78, 5) is 11.7. The lowest BCUT2D eigenvalue weighted by molar-refractivity contribution is 0.102. The van der Waals surface area contributed by atoms with Gasteiger partial charge in [0.2, 0.25) is 0 Å². The van der Waals surface area contributed by atoms with Gasteiger partial charge in [-0.3, -0.25) is 9.89 Å². The molecule has 0 unspecified atom stereocenters. The lowest BCUT2D eigenvalue weighted by atomic mass is 10.2. The first kappa shape index (κ1) is 12.6. The predicted octanol–water partition coefficient (Wildman–Crippen LogP) is 1.95. The van der Waals surface area contributed by atoms with Crippen LogP contribution in [0.15, 0.2) is 18.3 Å². The number of hydrogen-bond acceptors (Lipinski definition) is 3. The van der Waals surface area contributed by atoms with E-state index in [9.17, 15) is 18.0 Å². The van der Waals surface area contributed by atoms with Gasteiger partial charge in [0.25, 0.3) is 5.91 Å². The maximum atomic E-state index is 13.4. The van der Waals surface area contributed by atoms with E-state index < -0.39 is 28.9 Å². The van der Waals surface area contributed by atoms with E-state index in [4.69, 9.17) is 5.26 Å². The Labute approximate surface area is 104 Å². The number of H-pyrrole nitrogens is 1. The van der Waals surface area contributed by atoms with Crippen LogP contribution >= 0.6 is 0 Å². The van der Waals surface area contributed by atoms with E-state index in [1.165, 1.54) is 0 Å². The molecule has 2 N–H and O–H groups in total. The second-order valence-corrected chi connectivity index (χ2v) is 3.45. The van der Waals surface area contributed by atoms with Gasteiger partial charge in [0.15, 0.2) is 17.5 Å². The molecule has 96 valence electrons. The summed E-state index contributed by atoms with van der Waals surface area (Å²) >= 11 is 0. The lowest BCUT2D eigenvalue weighted by Gasteiger charge is -2.05. The van der Waals surface area contributed by atoms with Crippen molar-refractivity contribution in [2.75, 3.05) is 5.32 Å². The molecule has 0 aliphatic rings. The van der Waals surface area contributed by atoms with E-state index in [0.29, 0.717) is 6.07 Å². The largest absolute Gasteiger partial charge is 0.306 e. The van der Waals surface area contributed by atoms with Gasteiger partial charge < -0.3 is 5.32 Å². The molecule has 0 aliphatic heterocycles. The molecule has 1 heterocycles. The van der Waals surface area contributed by atoms with Crippen molar-refractivity contribution in [2.45, 2.75) is 0 Å². The Morgan fingerprint density at radius 1 is 1.32 bits per heavy atom. The first-order valence-electron chi connectivity index (χ1n) is 4.93. The number of nitrogens with zero attached hydrogens (tertiary/aromatic N) is 2. The van der Waals surface area contributed by atoms with Gasteiger partial charge in [-0.05, 0) is 12.1 Å². The number of benzene rings is 1. The maximum absolute atomic E-state index is 13.4. The number of halogens is 3. The van der Waals surface area contributed by atoms with E-state index in [2.05, 4.69) is 15.5 Å². The fourth-order valence-electron chi connectivity index (χ4n) is 1.35. The van der Waals surface area contributed by atoms with Crippen molar-refractivity contribution in [3.05, 3.63) is 46.9 Å². The quantitative estimate of drug-likeness (QED) is 0.815. The Kier molecular flexibility index (Phi) is 3.20. The Morgan fingerprint density at radius 3 is 2.74 bits per heavy atom. The number of aromatic amines is 1. The van der Waals surface area contributed by atoms with Crippen molar-refractivity contribution >= 4 is 11.7 Å². The molecule has 0 saturated heterocycles. The molecule has 0 aliphatic carbocycles. The van der Waals surface area contributed by atoms with Crippen LogP contribution in [-0.2, 0) is 0 Å². The topological polar surface area (TPSA) is 81.6 Å². The standard InChI is InChI=1S/C11H5F3N4O/c12-7-2-1-6(8(13)9(7)14)11(19)17-10-5(3-15)4-16-18-10/h1-2,4H,(H2,16,17,18,19). The summed E-state index contributed by atoms with van der Waals surface area (Å²) in [7, 11) is 0. The molecule has 5 nitrogen and oxygen atoms in total. The minimum atomic E-state index is -1.74. The summed E-state index contributed by atoms with van der Waals surface area (Å²) in [5.74, 6) is -5.82. The van der Waals surface area contributed by atoms with Crippen molar-refractivity contribution in [1.29, 1.82) is 5.26 Å². The van der Waals surface area contributed by atoms with Gasteiger partial charge in [-0.2, -0.15) is 10.4 Å². The van der Waals surface area contributed by atoms with E-state index in [0.717, 1.165) is 12.3 Å². The normalized spacial score (nSPS) is 10.0. The molecule has 2 rings (SSSR count). The monoisotopic (exact) mass is 266 g/mol. The number of amides is 1. The fourth-order valence-corrected chi connectivity index (χ4v) is 1.35. The molecule has 1 aromatic carbocycles. The van der Waals surface area contributed by atoms with E-state index >= 15 is 0 Å². The Bertz CT molecular complexity index is 690. The molecule has 0 fully saturated rings. The summed E-state index contributed by atoms with van der Waals surface area (Å²) < 4.78 is 39.0. The average Bonchev–Trinajstić information content (AvgIpc) is 2.83. The van der Waals surface area contributed by atoms with Crippen LogP contribution in [0.4, 0.5) is 19.0 Å². The molecule has 0 bridgehead atoms. The van der Waals surface area contributed by atoms with Crippen LogP contribution in [0, 0.1) is 28.8 Å². The minimum absolute atomic E-state index is 0.0244. The fraction of sp³-hybridized carbons (Fsp3) is 0. The molecule has 8 heteroatoms. The third kappa shape index (κ3) is 2.26. The summed E-state index contributed by atoms with van der Waals surface area (Å²) in [6.07, 6.45) is 1.15. The first-order valence-corrected chi connectivity index (χ1v) is 4.93. The van der Waals surface area contributed by atoms with E-state index in [-0.39, 0.29) is 11.4 Å². The number of hydrogen-bond donors (Lipinski definition) is 2. The predicted molar refractivity (Wildman–Crippen MR) is 57.6 cm³/mol. The van der Waals surface area contributed by atoms with Crippen LogP contribution in [-0.4, -0.2) is 16.1 Å². The van der Waals surface area contributed by atoms with Crippen LogP contribution in [0.3, 0.4) is 0 Å². The van der Waals surface area contributed by atoms with Gasteiger partial charge in [0.05, 0.1) is 11.8 Å². The highest BCUT2D eigenvalue weighted by molar-refractivity contribution is 6.04. The third-order valence-electron chi connectivity index (χ3n) is 2.28. The molecular weight excluding hydrogens is 261 g/mol. The summed E-state index contributed by atoms with van der Waals surface area (Å²) in [5.41, 5.74) is -0.659. The molecule has 0 radical (unpaired) electrons. The molecule has 1 aromatic heterocycles. The second kappa shape index (κ2) is 4.81. The smallest absolute Gasteiger partial charge is 0.259 e. The Balaban J connectivity index is 2.32. The lowest BCUT2D eigenvalue weighted by Crippen LogP contribution is -2.16. The van der Waals surface area contributed by atoms with Gasteiger partial charge in [-0.15, -0.1) is 0 Å². The summed E-state index contributed by atoms with van der Waals surface area (Å²) in [5, 5.41) is 16.6. The molecule has 0 atom stereocenters. The van der Waals surface area contributed by atoms with Gasteiger partial charge in [-0.1, -0.05) is 0 Å². The highest BCUT2D eigenvalue weighted by atomic mass is 19.2. The minimum Gasteiger partial charge on any atom is -0.306 e. The number of anilines is 1. The van der Waals surface area contributed by atoms with Crippen LogP contribution in [0.2, 0.25) is 0 Å². The molecule has 19 heavy (non-hydrogen) atoms. The Morgan fingerprint density at radius 2 is 2.05 bits per heavy atom. The molecule has 0 saturated carbocycles. The third-order valence-corrected chi connectivity index (χ3v) is 2.28. The van der Waals surface area contributed by atoms with Crippen LogP contribution in [0.25, 0.3) is 0 Å². The molecular formula is C11H5F3N4O.